The summed E-state index contributed by atoms with van der Waals surface area (Å²) < 4.78 is 0. The fourth-order valence-corrected chi connectivity index (χ4v) is 1.75. The summed E-state index contributed by atoms with van der Waals surface area (Å²) >= 11 is 0. The largest absolute Gasteiger partial charge is 0.392 e. The highest BCUT2D eigenvalue weighted by molar-refractivity contribution is 5.78. The summed E-state index contributed by atoms with van der Waals surface area (Å²) in [5.74, 6) is 0.0501. The minimum Gasteiger partial charge on any atom is -0.392 e. The molecule has 0 aromatic carbocycles. The average molecular weight is 200 g/mol. The number of carbonyl (C=O) groups is 1. The highest BCUT2D eigenvalue weighted by Gasteiger charge is 2.19. The molecule has 0 aromatic heterocycles. The van der Waals surface area contributed by atoms with Gasteiger partial charge in [-0.05, 0) is 33.2 Å². The first kappa shape index (κ1) is 11.5. The molecule has 1 atom stereocenters. The average Bonchev–Trinajstić information content (AvgIpc) is 2.01. The number of hydrogen-bond donors (Lipinski definition) is 2. The second-order valence-corrected chi connectivity index (χ2v) is 4.25. The second-order valence-electron chi connectivity index (χ2n) is 4.25. The molecule has 4 heteroatoms. The molecule has 0 aromatic rings. The molecule has 4 nitrogen and oxygen atoms in total. The van der Waals surface area contributed by atoms with Crippen LogP contribution in [0.1, 0.15) is 26.7 Å². The van der Waals surface area contributed by atoms with Gasteiger partial charge in [0.15, 0.2) is 0 Å². The summed E-state index contributed by atoms with van der Waals surface area (Å²) in [6.07, 6.45) is 1.59. The first-order valence-electron chi connectivity index (χ1n) is 5.27. The molecule has 82 valence electrons. The zero-order chi connectivity index (χ0) is 10.6. The van der Waals surface area contributed by atoms with Crippen molar-refractivity contribution in [2.24, 2.45) is 0 Å². The lowest BCUT2D eigenvalue weighted by molar-refractivity contribution is -0.123. The lowest BCUT2D eigenvalue weighted by Crippen LogP contribution is -2.45. The Morgan fingerprint density at radius 1 is 1.64 bits per heavy atom. The van der Waals surface area contributed by atoms with E-state index in [9.17, 15) is 9.90 Å². The van der Waals surface area contributed by atoms with Crippen molar-refractivity contribution in [3.8, 4) is 0 Å². The number of nitrogens with one attached hydrogen (secondary N) is 1. The van der Waals surface area contributed by atoms with Crippen molar-refractivity contribution in [1.82, 2.24) is 10.2 Å². The van der Waals surface area contributed by atoms with E-state index in [1.165, 1.54) is 0 Å². The van der Waals surface area contributed by atoms with E-state index in [0.29, 0.717) is 13.1 Å². The minimum absolute atomic E-state index is 0.0501. The van der Waals surface area contributed by atoms with Gasteiger partial charge in [0.05, 0.1) is 12.6 Å². The topological polar surface area (TPSA) is 52.6 Å². The second kappa shape index (κ2) is 5.32. The molecule has 1 amide bonds. The van der Waals surface area contributed by atoms with Crippen molar-refractivity contribution < 1.29 is 9.90 Å². The fourth-order valence-electron chi connectivity index (χ4n) is 1.75. The van der Waals surface area contributed by atoms with Gasteiger partial charge in [0.25, 0.3) is 0 Å². The molecule has 14 heavy (non-hydrogen) atoms. The van der Waals surface area contributed by atoms with Crippen LogP contribution < -0.4 is 5.32 Å². The van der Waals surface area contributed by atoms with Crippen LogP contribution in [0.5, 0.6) is 0 Å². The quantitative estimate of drug-likeness (QED) is 0.672. The van der Waals surface area contributed by atoms with Gasteiger partial charge in [-0.15, -0.1) is 0 Å². The van der Waals surface area contributed by atoms with Gasteiger partial charge in [-0.2, -0.15) is 0 Å². The van der Waals surface area contributed by atoms with E-state index in [-0.39, 0.29) is 18.1 Å². The Morgan fingerprint density at radius 3 is 2.93 bits per heavy atom. The molecule has 0 spiro atoms. The van der Waals surface area contributed by atoms with E-state index in [0.717, 1.165) is 19.4 Å². The molecular weight excluding hydrogens is 180 g/mol. The number of amides is 1. The van der Waals surface area contributed by atoms with Crippen LogP contribution in [0.4, 0.5) is 0 Å². The maximum Gasteiger partial charge on any atom is 0.234 e. The summed E-state index contributed by atoms with van der Waals surface area (Å²) in [5, 5.41) is 12.2. The number of hydrogen-bond acceptors (Lipinski definition) is 3. The monoisotopic (exact) mass is 200 g/mol. The first-order chi connectivity index (χ1) is 6.58. The van der Waals surface area contributed by atoms with Crippen molar-refractivity contribution in [2.45, 2.75) is 38.8 Å². The molecule has 1 heterocycles. The zero-order valence-corrected chi connectivity index (χ0v) is 8.99. The first-order valence-corrected chi connectivity index (χ1v) is 5.27. The predicted molar refractivity (Wildman–Crippen MR) is 55.0 cm³/mol. The molecule has 1 rings (SSSR count). The third kappa shape index (κ3) is 4.07. The SMILES string of the molecule is CC(C)NC(=O)CN1CCCC(O)C1. The Morgan fingerprint density at radius 2 is 2.36 bits per heavy atom. The molecule has 2 N–H and O–H groups in total. The molecule has 1 aliphatic heterocycles. The fraction of sp³-hybridized carbons (Fsp3) is 0.900. The number of rotatable bonds is 3. The van der Waals surface area contributed by atoms with Gasteiger partial charge < -0.3 is 10.4 Å². The van der Waals surface area contributed by atoms with Crippen LogP contribution in [-0.4, -0.2) is 47.7 Å². The standard InChI is InChI=1S/C10H20N2O2/c1-8(2)11-10(14)7-12-5-3-4-9(13)6-12/h8-9,13H,3-7H2,1-2H3,(H,11,14). The van der Waals surface area contributed by atoms with E-state index < -0.39 is 0 Å². The Labute approximate surface area is 85.3 Å². The summed E-state index contributed by atoms with van der Waals surface area (Å²) in [6.45, 7) is 5.86. The third-order valence-electron chi connectivity index (χ3n) is 2.30. The normalized spacial score (nSPS) is 23.9. The van der Waals surface area contributed by atoms with Crippen molar-refractivity contribution >= 4 is 5.91 Å². The van der Waals surface area contributed by atoms with Crippen molar-refractivity contribution in [3.63, 3.8) is 0 Å². The van der Waals surface area contributed by atoms with Crippen molar-refractivity contribution in [2.75, 3.05) is 19.6 Å². The Bertz CT molecular complexity index is 195. The third-order valence-corrected chi connectivity index (χ3v) is 2.30. The summed E-state index contributed by atoms with van der Waals surface area (Å²) in [7, 11) is 0. The van der Waals surface area contributed by atoms with Gasteiger partial charge in [-0.25, -0.2) is 0 Å². The Kier molecular flexibility index (Phi) is 4.35. The Balaban J connectivity index is 2.25. The van der Waals surface area contributed by atoms with Crippen LogP contribution in [-0.2, 0) is 4.79 Å². The summed E-state index contributed by atoms with van der Waals surface area (Å²) in [4.78, 5) is 13.4. The number of piperidine rings is 1. The number of aliphatic hydroxyl groups excluding tert-OH is 1. The zero-order valence-electron chi connectivity index (χ0n) is 8.99. The van der Waals surface area contributed by atoms with Gasteiger partial charge >= 0.3 is 0 Å². The van der Waals surface area contributed by atoms with Gasteiger partial charge in [0, 0.05) is 12.6 Å². The molecule has 1 fully saturated rings. The lowest BCUT2D eigenvalue weighted by Gasteiger charge is -2.29. The van der Waals surface area contributed by atoms with Gasteiger partial charge in [0.2, 0.25) is 5.91 Å². The van der Waals surface area contributed by atoms with E-state index in [2.05, 4.69) is 5.32 Å². The molecule has 1 unspecified atom stereocenters. The van der Waals surface area contributed by atoms with Crippen LogP contribution in [0.15, 0.2) is 0 Å². The maximum atomic E-state index is 11.4. The van der Waals surface area contributed by atoms with Crippen LogP contribution in [0, 0.1) is 0 Å². The molecule has 0 radical (unpaired) electrons. The molecule has 1 aliphatic rings. The number of β-amino-alcohol motifs (C(OH)–C–C–N with tert-alkyl or cyclic N) is 1. The summed E-state index contributed by atoms with van der Waals surface area (Å²) in [6, 6.07) is 0.192. The lowest BCUT2D eigenvalue weighted by atomic mass is 10.1. The van der Waals surface area contributed by atoms with Crippen molar-refractivity contribution in [3.05, 3.63) is 0 Å². The Hall–Kier alpha value is -0.610. The van der Waals surface area contributed by atoms with Crippen molar-refractivity contribution in [1.29, 1.82) is 0 Å². The van der Waals surface area contributed by atoms with E-state index >= 15 is 0 Å². The van der Waals surface area contributed by atoms with Gasteiger partial charge in [-0.3, -0.25) is 9.69 Å². The number of likely N-dealkylation sites (tertiary alicyclic amines) is 1. The van der Waals surface area contributed by atoms with E-state index in [1.54, 1.807) is 0 Å². The smallest absolute Gasteiger partial charge is 0.234 e. The minimum atomic E-state index is -0.254. The predicted octanol–water partition coefficient (Wildman–Crippen LogP) is -0.0323. The molecular formula is C10H20N2O2. The van der Waals surface area contributed by atoms with Crippen LogP contribution in [0.2, 0.25) is 0 Å². The van der Waals surface area contributed by atoms with E-state index in [1.807, 2.05) is 18.7 Å². The highest BCUT2D eigenvalue weighted by atomic mass is 16.3. The molecule has 0 bridgehead atoms. The van der Waals surface area contributed by atoms with Crippen LogP contribution in [0.3, 0.4) is 0 Å². The molecule has 0 saturated carbocycles. The van der Waals surface area contributed by atoms with Gasteiger partial charge in [0.1, 0.15) is 0 Å². The summed E-state index contributed by atoms with van der Waals surface area (Å²) in [5.41, 5.74) is 0. The number of carbonyl (C=O) groups excluding carboxylic acids is 1. The molecule has 1 saturated heterocycles. The maximum absolute atomic E-state index is 11.4. The highest BCUT2D eigenvalue weighted by Crippen LogP contribution is 2.08. The van der Waals surface area contributed by atoms with Crippen LogP contribution in [0.25, 0.3) is 0 Å². The van der Waals surface area contributed by atoms with Crippen LogP contribution >= 0.6 is 0 Å². The number of nitrogens with zero attached hydrogens (tertiary/aromatic N) is 1. The van der Waals surface area contributed by atoms with E-state index in [4.69, 9.17) is 0 Å². The molecule has 0 aliphatic carbocycles. The number of aliphatic hydroxyl groups is 1. The van der Waals surface area contributed by atoms with Gasteiger partial charge in [-0.1, -0.05) is 0 Å².